The highest BCUT2D eigenvalue weighted by Crippen LogP contribution is 2.29. The van der Waals surface area contributed by atoms with E-state index in [0.29, 0.717) is 21.6 Å². The molecule has 0 aliphatic rings. The number of aromatic nitrogens is 3. The Labute approximate surface area is 169 Å². The fraction of sp³-hybridized carbons (Fsp3) is 0.167. The Morgan fingerprint density at radius 3 is 2.71 bits per heavy atom. The van der Waals surface area contributed by atoms with Crippen LogP contribution in [0.3, 0.4) is 0 Å². The number of esters is 1. The molecular weight excluding hydrogens is 407 g/mol. The lowest BCUT2D eigenvalue weighted by Crippen LogP contribution is -2.26. The third-order valence-electron chi connectivity index (χ3n) is 3.75. The average molecular weight is 421 g/mol. The van der Waals surface area contributed by atoms with Gasteiger partial charge in [-0.05, 0) is 24.3 Å². The van der Waals surface area contributed by atoms with Crippen LogP contribution in [0, 0.1) is 0 Å². The van der Waals surface area contributed by atoms with Gasteiger partial charge in [-0.1, -0.05) is 46.6 Å². The molecule has 0 atom stereocenters. The minimum atomic E-state index is -0.658. The molecule has 144 valence electrons. The molecule has 0 saturated carbocycles. The summed E-state index contributed by atoms with van der Waals surface area (Å²) < 4.78 is 5.98. The van der Waals surface area contributed by atoms with Crippen LogP contribution in [0.1, 0.15) is 6.42 Å². The number of fused-ring (bicyclic) bond motifs is 1. The zero-order valence-electron chi connectivity index (χ0n) is 14.4. The lowest BCUT2D eigenvalue weighted by Gasteiger charge is -2.09. The minimum Gasteiger partial charge on any atom is -0.456 e. The average Bonchev–Trinajstić information content (AvgIpc) is 2.69. The summed E-state index contributed by atoms with van der Waals surface area (Å²) in [6, 6.07) is 11.5. The van der Waals surface area contributed by atoms with Gasteiger partial charge < -0.3 is 10.1 Å². The van der Waals surface area contributed by atoms with Crippen molar-refractivity contribution in [3.05, 3.63) is 62.9 Å². The molecule has 0 radical (unpaired) electrons. The van der Waals surface area contributed by atoms with Crippen molar-refractivity contribution >= 4 is 51.7 Å². The van der Waals surface area contributed by atoms with Crippen molar-refractivity contribution in [2.24, 2.45) is 0 Å². The van der Waals surface area contributed by atoms with Gasteiger partial charge in [-0.3, -0.25) is 14.4 Å². The lowest BCUT2D eigenvalue weighted by molar-refractivity contribution is -0.147. The van der Waals surface area contributed by atoms with Crippen molar-refractivity contribution < 1.29 is 14.3 Å². The molecule has 28 heavy (non-hydrogen) atoms. The Morgan fingerprint density at radius 1 is 1.11 bits per heavy atom. The standard InChI is InChI=1S/C18H14Cl2N4O4/c19-12-5-3-7-14(17(12)20)21-15(25)10-28-16(26)8-9-24-18(27)11-4-1-2-6-13(11)22-23-24/h1-7H,8-10H2,(H,21,25). The van der Waals surface area contributed by atoms with Crippen molar-refractivity contribution in [1.82, 2.24) is 15.0 Å². The number of carbonyl (C=O) groups excluding carboxylic acids is 2. The van der Waals surface area contributed by atoms with Gasteiger partial charge in [0.05, 0.1) is 34.1 Å². The van der Waals surface area contributed by atoms with Crippen LogP contribution in [-0.2, 0) is 20.9 Å². The number of carbonyl (C=O) groups is 2. The zero-order valence-corrected chi connectivity index (χ0v) is 15.9. The van der Waals surface area contributed by atoms with Crippen LogP contribution in [0.4, 0.5) is 5.69 Å². The molecule has 0 aliphatic carbocycles. The van der Waals surface area contributed by atoms with Gasteiger partial charge in [-0.2, -0.15) is 0 Å². The van der Waals surface area contributed by atoms with Crippen LogP contribution in [0.25, 0.3) is 10.9 Å². The number of hydrogen-bond acceptors (Lipinski definition) is 6. The smallest absolute Gasteiger partial charge is 0.308 e. The van der Waals surface area contributed by atoms with Crippen LogP contribution >= 0.6 is 23.2 Å². The highest BCUT2D eigenvalue weighted by atomic mass is 35.5. The largest absolute Gasteiger partial charge is 0.456 e. The van der Waals surface area contributed by atoms with E-state index in [9.17, 15) is 14.4 Å². The van der Waals surface area contributed by atoms with Crippen LogP contribution in [-0.4, -0.2) is 33.5 Å². The Morgan fingerprint density at radius 2 is 1.89 bits per heavy atom. The molecule has 8 nitrogen and oxygen atoms in total. The predicted octanol–water partition coefficient (Wildman–Crippen LogP) is 2.67. The van der Waals surface area contributed by atoms with Crippen molar-refractivity contribution in [3.63, 3.8) is 0 Å². The van der Waals surface area contributed by atoms with Gasteiger partial charge in [0.2, 0.25) is 0 Å². The summed E-state index contributed by atoms with van der Waals surface area (Å²) in [5, 5.41) is 11.1. The van der Waals surface area contributed by atoms with Gasteiger partial charge >= 0.3 is 5.97 Å². The SMILES string of the molecule is O=C(COC(=O)CCn1nnc2ccccc2c1=O)Nc1cccc(Cl)c1Cl. The topological polar surface area (TPSA) is 103 Å². The van der Waals surface area contributed by atoms with Gasteiger partial charge in [0.1, 0.15) is 5.52 Å². The number of rotatable bonds is 6. The number of nitrogens with one attached hydrogen (secondary N) is 1. The number of benzene rings is 2. The summed E-state index contributed by atoms with van der Waals surface area (Å²) in [6.45, 7) is -0.517. The van der Waals surface area contributed by atoms with E-state index in [-0.39, 0.29) is 23.5 Å². The fourth-order valence-corrected chi connectivity index (χ4v) is 2.72. The number of hydrogen-bond donors (Lipinski definition) is 1. The van der Waals surface area contributed by atoms with E-state index in [2.05, 4.69) is 15.6 Å². The Balaban J connectivity index is 1.52. The molecule has 3 aromatic rings. The maximum atomic E-state index is 12.3. The van der Waals surface area contributed by atoms with Gasteiger partial charge in [0, 0.05) is 0 Å². The van der Waals surface area contributed by atoms with E-state index in [0.717, 1.165) is 4.68 Å². The molecule has 1 N–H and O–H groups in total. The highest BCUT2D eigenvalue weighted by molar-refractivity contribution is 6.44. The van der Waals surface area contributed by atoms with E-state index < -0.39 is 18.5 Å². The van der Waals surface area contributed by atoms with E-state index >= 15 is 0 Å². The molecule has 0 bridgehead atoms. The molecule has 0 fully saturated rings. The molecule has 3 rings (SSSR count). The monoisotopic (exact) mass is 420 g/mol. The first-order valence-corrected chi connectivity index (χ1v) is 8.93. The molecule has 10 heteroatoms. The summed E-state index contributed by atoms with van der Waals surface area (Å²) in [5.74, 6) is -1.23. The number of amides is 1. The first-order chi connectivity index (χ1) is 13.5. The van der Waals surface area contributed by atoms with Crippen LogP contribution in [0.5, 0.6) is 0 Å². The van der Waals surface area contributed by atoms with Crippen LogP contribution in [0.2, 0.25) is 10.0 Å². The Hall–Kier alpha value is -2.97. The van der Waals surface area contributed by atoms with Crippen LogP contribution < -0.4 is 10.9 Å². The summed E-state index contributed by atoms with van der Waals surface area (Å²) >= 11 is 11.8. The number of anilines is 1. The summed E-state index contributed by atoms with van der Waals surface area (Å²) in [5.41, 5.74) is 0.433. The lowest BCUT2D eigenvalue weighted by atomic mass is 10.2. The highest BCUT2D eigenvalue weighted by Gasteiger charge is 2.12. The third kappa shape index (κ3) is 4.65. The molecule has 0 unspecified atom stereocenters. The number of halogens is 2. The molecule has 0 spiro atoms. The van der Waals surface area contributed by atoms with E-state index in [1.807, 2.05) is 0 Å². The molecule has 1 aromatic heterocycles. The normalized spacial score (nSPS) is 10.6. The Bertz CT molecular complexity index is 1100. The van der Waals surface area contributed by atoms with Gasteiger partial charge in [-0.15, -0.1) is 5.10 Å². The second-order valence-corrected chi connectivity index (χ2v) is 6.48. The quantitative estimate of drug-likeness (QED) is 0.614. The van der Waals surface area contributed by atoms with Gasteiger partial charge in [0.15, 0.2) is 6.61 Å². The first-order valence-electron chi connectivity index (χ1n) is 8.18. The molecule has 1 amide bonds. The molecule has 1 heterocycles. The number of aryl methyl sites for hydroxylation is 1. The summed E-state index contributed by atoms with van der Waals surface area (Å²) in [6.07, 6.45) is -0.141. The second kappa shape index (κ2) is 8.81. The van der Waals surface area contributed by atoms with Crippen molar-refractivity contribution in [2.75, 3.05) is 11.9 Å². The van der Waals surface area contributed by atoms with Crippen molar-refractivity contribution in [3.8, 4) is 0 Å². The number of nitrogens with zero attached hydrogens (tertiary/aromatic N) is 3. The second-order valence-electron chi connectivity index (χ2n) is 5.70. The molecule has 0 aliphatic heterocycles. The summed E-state index contributed by atoms with van der Waals surface area (Å²) in [7, 11) is 0. The summed E-state index contributed by atoms with van der Waals surface area (Å²) in [4.78, 5) is 36.0. The molecular formula is C18H14Cl2N4O4. The van der Waals surface area contributed by atoms with Crippen LogP contribution in [0.15, 0.2) is 47.3 Å². The Kier molecular flexibility index (Phi) is 6.23. The minimum absolute atomic E-state index is 0.0166. The van der Waals surface area contributed by atoms with E-state index in [4.69, 9.17) is 27.9 Å². The predicted molar refractivity (Wildman–Crippen MR) is 104 cm³/mol. The zero-order chi connectivity index (χ0) is 20.1. The van der Waals surface area contributed by atoms with E-state index in [1.54, 1.807) is 42.5 Å². The fourth-order valence-electron chi connectivity index (χ4n) is 2.37. The first kappa shape index (κ1) is 19.8. The molecule has 0 saturated heterocycles. The van der Waals surface area contributed by atoms with Gasteiger partial charge in [-0.25, -0.2) is 4.68 Å². The van der Waals surface area contributed by atoms with E-state index in [1.165, 1.54) is 0 Å². The molecule has 2 aromatic carbocycles. The third-order valence-corrected chi connectivity index (χ3v) is 4.57. The number of ether oxygens (including phenoxy) is 1. The van der Waals surface area contributed by atoms with Gasteiger partial charge in [0.25, 0.3) is 11.5 Å². The van der Waals surface area contributed by atoms with Crippen molar-refractivity contribution in [1.29, 1.82) is 0 Å². The maximum Gasteiger partial charge on any atom is 0.308 e. The maximum absolute atomic E-state index is 12.3. The van der Waals surface area contributed by atoms with Crippen molar-refractivity contribution in [2.45, 2.75) is 13.0 Å².